The Labute approximate surface area is 141 Å². The van der Waals surface area contributed by atoms with Gasteiger partial charge in [0.2, 0.25) is 5.91 Å². The molecule has 0 bridgehead atoms. The molecule has 128 valence electrons. The fourth-order valence-corrected chi connectivity index (χ4v) is 3.68. The number of carbonyl (C=O) groups excluding carboxylic acids is 2. The number of thiophene rings is 1. The Balaban J connectivity index is 2.16. The summed E-state index contributed by atoms with van der Waals surface area (Å²) in [6, 6.07) is 3.24. The van der Waals surface area contributed by atoms with Crippen molar-refractivity contribution in [2.24, 2.45) is 0 Å². The Kier molecular flexibility index (Phi) is 5.81. The molecule has 1 fully saturated rings. The van der Waals surface area contributed by atoms with E-state index in [-0.39, 0.29) is 18.4 Å². The van der Waals surface area contributed by atoms with Gasteiger partial charge in [-0.2, -0.15) is 0 Å². The van der Waals surface area contributed by atoms with Crippen molar-refractivity contribution in [3.05, 3.63) is 22.4 Å². The molecule has 1 N–H and O–H groups in total. The zero-order valence-electron chi connectivity index (χ0n) is 14.1. The second-order valence-electron chi connectivity index (χ2n) is 6.65. The molecule has 1 aliphatic heterocycles. The zero-order chi connectivity index (χ0) is 17.0. The second kappa shape index (κ2) is 7.45. The van der Waals surface area contributed by atoms with Crippen LogP contribution in [0, 0.1) is 0 Å². The molecule has 2 amide bonds. The van der Waals surface area contributed by atoms with Gasteiger partial charge in [0.1, 0.15) is 6.04 Å². The number of aliphatic hydroxyl groups is 1. The number of carbonyl (C=O) groups is 2. The van der Waals surface area contributed by atoms with Crippen molar-refractivity contribution in [2.45, 2.75) is 51.7 Å². The molecule has 0 spiro atoms. The van der Waals surface area contributed by atoms with Crippen molar-refractivity contribution >= 4 is 23.2 Å². The van der Waals surface area contributed by atoms with E-state index in [9.17, 15) is 14.7 Å². The third-order valence-electron chi connectivity index (χ3n) is 4.05. The van der Waals surface area contributed by atoms with Crippen LogP contribution in [0.25, 0.3) is 0 Å². The van der Waals surface area contributed by atoms with E-state index in [1.54, 1.807) is 29.7 Å². The minimum absolute atomic E-state index is 0.0563. The molecule has 1 aromatic heterocycles. The molecule has 23 heavy (non-hydrogen) atoms. The van der Waals surface area contributed by atoms with Gasteiger partial charge in [-0.15, -0.1) is 11.3 Å². The summed E-state index contributed by atoms with van der Waals surface area (Å²) in [5, 5.41) is 11.9. The molecule has 6 heteroatoms. The predicted octanol–water partition coefficient (Wildman–Crippen LogP) is 2.36. The standard InChI is InChI=1S/C17H26N2O3S/c1-4-18(12-17(2,3)22)15(20)13-8-5-6-10-19(13)16(21)14-9-7-11-23-14/h7,9,11,13,22H,4-6,8,10,12H2,1-3H3. The summed E-state index contributed by atoms with van der Waals surface area (Å²) in [5.41, 5.74) is -0.942. The molecule has 1 aliphatic rings. The van der Waals surface area contributed by atoms with E-state index < -0.39 is 11.6 Å². The SMILES string of the molecule is CCN(CC(C)(C)O)C(=O)C1CCCCN1C(=O)c1cccs1. The van der Waals surface area contributed by atoms with Crippen LogP contribution in [-0.2, 0) is 4.79 Å². The number of hydrogen-bond donors (Lipinski definition) is 1. The van der Waals surface area contributed by atoms with Crippen molar-refractivity contribution in [1.82, 2.24) is 9.80 Å². The van der Waals surface area contributed by atoms with E-state index in [0.717, 1.165) is 12.8 Å². The normalized spacial score (nSPS) is 18.8. The van der Waals surface area contributed by atoms with Crippen LogP contribution in [0.5, 0.6) is 0 Å². The quantitative estimate of drug-likeness (QED) is 0.896. The maximum absolute atomic E-state index is 12.9. The van der Waals surface area contributed by atoms with Gasteiger partial charge in [-0.1, -0.05) is 6.07 Å². The fourth-order valence-electron chi connectivity index (χ4n) is 3.00. The second-order valence-corrected chi connectivity index (χ2v) is 7.60. The molecule has 0 aliphatic carbocycles. The smallest absolute Gasteiger partial charge is 0.264 e. The lowest BCUT2D eigenvalue weighted by atomic mass is 9.99. The maximum atomic E-state index is 12.9. The maximum Gasteiger partial charge on any atom is 0.264 e. The molecule has 2 rings (SSSR count). The molecule has 1 atom stereocenters. The number of piperidine rings is 1. The molecule has 1 unspecified atom stereocenters. The topological polar surface area (TPSA) is 60.9 Å². The van der Waals surface area contributed by atoms with Gasteiger partial charge in [-0.3, -0.25) is 9.59 Å². The van der Waals surface area contributed by atoms with Crippen LogP contribution in [0.15, 0.2) is 17.5 Å². The highest BCUT2D eigenvalue weighted by Crippen LogP contribution is 2.23. The number of nitrogens with zero attached hydrogens (tertiary/aromatic N) is 2. The number of rotatable bonds is 5. The third-order valence-corrected chi connectivity index (χ3v) is 4.91. The monoisotopic (exact) mass is 338 g/mol. The van der Waals surface area contributed by atoms with Gasteiger partial charge < -0.3 is 14.9 Å². The Morgan fingerprint density at radius 2 is 2.17 bits per heavy atom. The van der Waals surface area contributed by atoms with Gasteiger partial charge in [0.25, 0.3) is 5.91 Å². The zero-order valence-corrected chi connectivity index (χ0v) is 14.9. The van der Waals surface area contributed by atoms with E-state index in [1.165, 1.54) is 11.3 Å². The van der Waals surface area contributed by atoms with E-state index in [0.29, 0.717) is 24.4 Å². The number of likely N-dealkylation sites (tertiary alicyclic amines) is 1. The molecule has 5 nitrogen and oxygen atoms in total. The van der Waals surface area contributed by atoms with E-state index >= 15 is 0 Å². The lowest BCUT2D eigenvalue weighted by Crippen LogP contribution is -2.55. The summed E-state index contributed by atoms with van der Waals surface area (Å²) < 4.78 is 0. The van der Waals surface area contributed by atoms with E-state index in [4.69, 9.17) is 0 Å². The lowest BCUT2D eigenvalue weighted by Gasteiger charge is -2.38. The van der Waals surface area contributed by atoms with Gasteiger partial charge >= 0.3 is 0 Å². The minimum Gasteiger partial charge on any atom is -0.389 e. The molecule has 2 heterocycles. The van der Waals surface area contributed by atoms with Crippen LogP contribution < -0.4 is 0 Å². The third kappa shape index (κ3) is 4.54. The lowest BCUT2D eigenvalue weighted by molar-refractivity contribution is -0.139. The van der Waals surface area contributed by atoms with Crippen LogP contribution >= 0.6 is 11.3 Å². The first-order valence-corrected chi connectivity index (χ1v) is 9.07. The Bertz CT molecular complexity index is 537. The molecular formula is C17H26N2O3S. The number of likely N-dealkylation sites (N-methyl/N-ethyl adjacent to an activating group) is 1. The van der Waals surface area contributed by atoms with Crippen molar-refractivity contribution in [2.75, 3.05) is 19.6 Å². The summed E-state index contributed by atoms with van der Waals surface area (Å²) >= 11 is 1.41. The van der Waals surface area contributed by atoms with Crippen molar-refractivity contribution in [3.8, 4) is 0 Å². The first-order chi connectivity index (χ1) is 10.8. The summed E-state index contributed by atoms with van der Waals surface area (Å²) in [6.07, 6.45) is 2.57. The van der Waals surface area contributed by atoms with E-state index in [2.05, 4.69) is 0 Å². The highest BCUT2D eigenvalue weighted by molar-refractivity contribution is 7.12. The minimum atomic E-state index is -0.942. The highest BCUT2D eigenvalue weighted by Gasteiger charge is 2.36. The van der Waals surface area contributed by atoms with E-state index in [1.807, 2.05) is 18.4 Å². The molecule has 0 aromatic carbocycles. The molecule has 1 saturated heterocycles. The van der Waals surface area contributed by atoms with Crippen LogP contribution in [0.2, 0.25) is 0 Å². The van der Waals surface area contributed by atoms with Gasteiger partial charge in [0.05, 0.1) is 10.5 Å². The van der Waals surface area contributed by atoms with Gasteiger partial charge in [0.15, 0.2) is 0 Å². The Hall–Kier alpha value is -1.40. The van der Waals surface area contributed by atoms with Gasteiger partial charge in [-0.25, -0.2) is 0 Å². The summed E-state index contributed by atoms with van der Waals surface area (Å²) in [4.78, 5) is 29.7. The average Bonchev–Trinajstić information content (AvgIpc) is 3.04. The first-order valence-electron chi connectivity index (χ1n) is 8.19. The van der Waals surface area contributed by atoms with Crippen molar-refractivity contribution in [3.63, 3.8) is 0 Å². The van der Waals surface area contributed by atoms with Crippen LogP contribution in [0.1, 0.15) is 49.7 Å². The van der Waals surface area contributed by atoms with Crippen LogP contribution in [-0.4, -0.2) is 58.0 Å². The number of amides is 2. The molecule has 0 radical (unpaired) electrons. The van der Waals surface area contributed by atoms with Crippen molar-refractivity contribution < 1.29 is 14.7 Å². The first kappa shape index (κ1) is 17.9. The van der Waals surface area contributed by atoms with Crippen LogP contribution in [0.4, 0.5) is 0 Å². The molecular weight excluding hydrogens is 312 g/mol. The fraction of sp³-hybridized carbons (Fsp3) is 0.647. The largest absolute Gasteiger partial charge is 0.389 e. The molecule has 1 aromatic rings. The Morgan fingerprint density at radius 3 is 2.74 bits per heavy atom. The summed E-state index contributed by atoms with van der Waals surface area (Å²) in [5.74, 6) is -0.114. The van der Waals surface area contributed by atoms with Crippen molar-refractivity contribution in [1.29, 1.82) is 0 Å². The average molecular weight is 338 g/mol. The van der Waals surface area contributed by atoms with Crippen LogP contribution in [0.3, 0.4) is 0 Å². The predicted molar refractivity (Wildman–Crippen MR) is 91.5 cm³/mol. The summed E-state index contributed by atoms with van der Waals surface area (Å²) in [7, 11) is 0. The Morgan fingerprint density at radius 1 is 1.43 bits per heavy atom. The highest BCUT2D eigenvalue weighted by atomic mass is 32.1. The number of hydrogen-bond acceptors (Lipinski definition) is 4. The molecule has 0 saturated carbocycles. The summed E-state index contributed by atoms with van der Waals surface area (Å²) in [6.45, 7) is 6.71. The van der Waals surface area contributed by atoms with Gasteiger partial charge in [-0.05, 0) is 51.5 Å². The van der Waals surface area contributed by atoms with Gasteiger partial charge in [0, 0.05) is 19.6 Å².